The van der Waals surface area contributed by atoms with Gasteiger partial charge >= 0.3 is 0 Å². The van der Waals surface area contributed by atoms with E-state index in [2.05, 4.69) is 43.5 Å². The molecule has 122 valence electrons. The normalized spacial score (nSPS) is 19.7. The van der Waals surface area contributed by atoms with Crippen molar-refractivity contribution in [1.29, 1.82) is 0 Å². The van der Waals surface area contributed by atoms with Gasteiger partial charge in [0.2, 0.25) is 0 Å². The first kappa shape index (κ1) is 17.1. The summed E-state index contributed by atoms with van der Waals surface area (Å²) in [5.74, 6) is 0.804. The van der Waals surface area contributed by atoms with Crippen molar-refractivity contribution in [2.75, 3.05) is 6.61 Å². The van der Waals surface area contributed by atoms with E-state index in [1.807, 2.05) is 0 Å². The highest BCUT2D eigenvalue weighted by molar-refractivity contribution is 5.14. The molecule has 2 rings (SSSR count). The molecule has 0 amide bonds. The van der Waals surface area contributed by atoms with E-state index in [0.29, 0.717) is 0 Å². The minimum absolute atomic E-state index is 0.802. The maximum Gasteiger partial charge on any atom is 0.0913 e. The van der Waals surface area contributed by atoms with Gasteiger partial charge in [0, 0.05) is 6.42 Å². The Morgan fingerprint density at radius 2 is 1.91 bits per heavy atom. The van der Waals surface area contributed by atoms with Gasteiger partial charge in [-0.05, 0) is 42.7 Å². The maximum absolute atomic E-state index is 5.83. The van der Waals surface area contributed by atoms with Gasteiger partial charge in [-0.25, -0.2) is 0 Å². The number of hydrogen-bond donors (Lipinski definition) is 0. The van der Waals surface area contributed by atoms with Crippen LogP contribution in [0.1, 0.15) is 70.3 Å². The van der Waals surface area contributed by atoms with Crippen molar-refractivity contribution in [2.45, 2.75) is 71.1 Å². The van der Waals surface area contributed by atoms with Gasteiger partial charge in [-0.1, -0.05) is 69.4 Å². The molecule has 0 aromatic heterocycles. The van der Waals surface area contributed by atoms with Crippen LogP contribution < -0.4 is 0 Å². The topological polar surface area (TPSA) is 9.23 Å². The Labute approximate surface area is 136 Å². The molecule has 0 saturated heterocycles. The lowest BCUT2D eigenvalue weighted by Crippen LogP contribution is -1.99. The molecule has 0 heterocycles. The quantitative estimate of drug-likeness (QED) is 0.364. The molecule has 1 atom stereocenters. The molecule has 0 radical (unpaired) electrons. The first-order valence-electron chi connectivity index (χ1n) is 9.24. The van der Waals surface area contributed by atoms with Crippen molar-refractivity contribution in [3.8, 4) is 0 Å². The zero-order chi connectivity index (χ0) is 15.5. The first-order chi connectivity index (χ1) is 10.9. The largest absolute Gasteiger partial charge is 0.501 e. The zero-order valence-electron chi connectivity index (χ0n) is 14.2. The molecule has 0 N–H and O–H groups in total. The number of benzene rings is 1. The molecule has 1 fully saturated rings. The third-order valence-electron chi connectivity index (χ3n) is 4.78. The third-order valence-corrected chi connectivity index (χ3v) is 4.78. The maximum atomic E-state index is 5.83. The molecule has 1 nitrogen and oxygen atoms in total. The van der Waals surface area contributed by atoms with Crippen LogP contribution in [-0.4, -0.2) is 6.61 Å². The van der Waals surface area contributed by atoms with Gasteiger partial charge in [0.25, 0.3) is 0 Å². The molecule has 1 aliphatic rings. The van der Waals surface area contributed by atoms with Gasteiger partial charge in [-0.15, -0.1) is 0 Å². The molecular formula is C21H32O. The van der Waals surface area contributed by atoms with Crippen LogP contribution >= 0.6 is 0 Å². The summed E-state index contributed by atoms with van der Waals surface area (Å²) in [6.07, 6.45) is 15.4. The van der Waals surface area contributed by atoms with Gasteiger partial charge in [0.15, 0.2) is 0 Å². The Morgan fingerprint density at radius 1 is 1.09 bits per heavy atom. The molecule has 1 aromatic carbocycles. The molecule has 1 saturated carbocycles. The van der Waals surface area contributed by atoms with Gasteiger partial charge in [-0.2, -0.15) is 0 Å². The van der Waals surface area contributed by atoms with E-state index in [1.54, 1.807) is 5.57 Å². The van der Waals surface area contributed by atoms with Crippen molar-refractivity contribution in [1.82, 2.24) is 0 Å². The van der Waals surface area contributed by atoms with Crippen molar-refractivity contribution < 1.29 is 4.74 Å². The molecule has 0 bridgehead atoms. The van der Waals surface area contributed by atoms with Crippen LogP contribution in [0.4, 0.5) is 0 Å². The van der Waals surface area contributed by atoms with Gasteiger partial charge in [0.1, 0.15) is 0 Å². The van der Waals surface area contributed by atoms with Crippen LogP contribution in [0.15, 0.2) is 42.2 Å². The SMILES string of the molecule is CCCCCCCC1CCC/C1=C\OCCc1ccccc1. The fourth-order valence-corrected chi connectivity index (χ4v) is 3.41. The highest BCUT2D eigenvalue weighted by Crippen LogP contribution is 2.34. The van der Waals surface area contributed by atoms with Gasteiger partial charge in [-0.3, -0.25) is 0 Å². The number of ether oxygens (including phenoxy) is 1. The van der Waals surface area contributed by atoms with Crippen LogP contribution in [0.25, 0.3) is 0 Å². The first-order valence-corrected chi connectivity index (χ1v) is 9.24. The summed E-state index contributed by atoms with van der Waals surface area (Å²) in [6.45, 7) is 3.08. The molecule has 1 unspecified atom stereocenters. The monoisotopic (exact) mass is 300 g/mol. The summed E-state index contributed by atoms with van der Waals surface area (Å²) in [4.78, 5) is 0. The summed E-state index contributed by atoms with van der Waals surface area (Å²) in [6, 6.07) is 10.6. The number of unbranched alkanes of at least 4 members (excludes halogenated alkanes) is 4. The Hall–Kier alpha value is -1.24. The highest BCUT2D eigenvalue weighted by atomic mass is 16.5. The Morgan fingerprint density at radius 3 is 2.73 bits per heavy atom. The molecule has 1 heteroatoms. The average molecular weight is 300 g/mol. The molecule has 1 aliphatic carbocycles. The summed E-state index contributed by atoms with van der Waals surface area (Å²) in [5.41, 5.74) is 2.93. The molecule has 0 aliphatic heterocycles. The van der Waals surface area contributed by atoms with Crippen molar-refractivity contribution in [3.05, 3.63) is 47.7 Å². The van der Waals surface area contributed by atoms with Gasteiger partial charge < -0.3 is 4.74 Å². The third kappa shape index (κ3) is 6.25. The van der Waals surface area contributed by atoms with Crippen LogP contribution in [-0.2, 0) is 11.2 Å². The van der Waals surface area contributed by atoms with E-state index in [9.17, 15) is 0 Å². The predicted octanol–water partition coefficient (Wildman–Crippen LogP) is 6.29. The molecule has 1 aromatic rings. The van der Waals surface area contributed by atoms with E-state index in [-0.39, 0.29) is 0 Å². The second kappa shape index (κ2) is 10.5. The lowest BCUT2D eigenvalue weighted by molar-refractivity contribution is 0.247. The lowest BCUT2D eigenvalue weighted by Gasteiger charge is -2.12. The number of hydrogen-bond acceptors (Lipinski definition) is 1. The summed E-state index contributed by atoms with van der Waals surface area (Å²) in [7, 11) is 0. The molecule has 0 spiro atoms. The van der Waals surface area contributed by atoms with Crippen molar-refractivity contribution in [2.24, 2.45) is 5.92 Å². The van der Waals surface area contributed by atoms with E-state index in [4.69, 9.17) is 4.74 Å². The minimum atomic E-state index is 0.802. The highest BCUT2D eigenvalue weighted by Gasteiger charge is 2.20. The smallest absolute Gasteiger partial charge is 0.0913 e. The Kier molecular flexibility index (Phi) is 8.15. The molecular weight excluding hydrogens is 268 g/mol. The fourth-order valence-electron chi connectivity index (χ4n) is 3.41. The number of allylic oxidation sites excluding steroid dienone is 1. The second-order valence-electron chi connectivity index (χ2n) is 6.59. The summed E-state index contributed by atoms with van der Waals surface area (Å²) < 4.78 is 5.83. The predicted molar refractivity (Wildman–Crippen MR) is 94.9 cm³/mol. The van der Waals surface area contributed by atoms with E-state index in [0.717, 1.165) is 18.9 Å². The van der Waals surface area contributed by atoms with Crippen LogP contribution in [0.2, 0.25) is 0 Å². The average Bonchev–Trinajstić information content (AvgIpc) is 3.00. The van der Waals surface area contributed by atoms with Crippen molar-refractivity contribution >= 4 is 0 Å². The zero-order valence-corrected chi connectivity index (χ0v) is 14.2. The van der Waals surface area contributed by atoms with E-state index >= 15 is 0 Å². The summed E-state index contributed by atoms with van der Waals surface area (Å²) in [5, 5.41) is 0. The molecule has 22 heavy (non-hydrogen) atoms. The minimum Gasteiger partial charge on any atom is -0.501 e. The van der Waals surface area contributed by atoms with E-state index < -0.39 is 0 Å². The standard InChI is InChI=1S/C21H32O/c1-2-3-4-5-9-13-20-14-10-15-21(20)18-22-17-16-19-11-7-6-8-12-19/h6-8,11-12,18,20H,2-5,9-10,13-17H2,1H3/b21-18+. The van der Waals surface area contributed by atoms with Gasteiger partial charge in [0.05, 0.1) is 12.9 Å². The summed E-state index contributed by atoms with van der Waals surface area (Å²) >= 11 is 0. The van der Waals surface area contributed by atoms with Crippen LogP contribution in [0, 0.1) is 5.92 Å². The Bertz CT molecular complexity index is 421. The number of rotatable bonds is 10. The van der Waals surface area contributed by atoms with Crippen LogP contribution in [0.3, 0.4) is 0 Å². The lowest BCUT2D eigenvalue weighted by atomic mass is 9.96. The Balaban J connectivity index is 1.64. The van der Waals surface area contributed by atoms with E-state index in [1.165, 1.54) is 63.4 Å². The fraction of sp³-hybridized carbons (Fsp3) is 0.619. The second-order valence-corrected chi connectivity index (χ2v) is 6.59. The van der Waals surface area contributed by atoms with Crippen LogP contribution in [0.5, 0.6) is 0 Å². The van der Waals surface area contributed by atoms with Crippen molar-refractivity contribution in [3.63, 3.8) is 0 Å².